The Morgan fingerprint density at radius 2 is 2.06 bits per heavy atom. The zero-order chi connectivity index (χ0) is 11.8. The van der Waals surface area contributed by atoms with Crippen molar-refractivity contribution in [2.75, 3.05) is 19.7 Å². The largest absolute Gasteiger partial charge is 0.367 e. The number of nitrogens with zero attached hydrogens (tertiary/aromatic N) is 3. The molecule has 0 spiro atoms. The number of ether oxygens (including phenoxy) is 1. The Balaban J connectivity index is 1.80. The van der Waals surface area contributed by atoms with E-state index in [1.807, 2.05) is 6.07 Å². The van der Waals surface area contributed by atoms with E-state index in [0.717, 1.165) is 28.2 Å². The molecule has 2 aliphatic rings. The lowest BCUT2D eigenvalue weighted by Crippen LogP contribution is -2.42. The van der Waals surface area contributed by atoms with E-state index >= 15 is 0 Å². The van der Waals surface area contributed by atoms with Gasteiger partial charge in [-0.05, 0) is 51.2 Å². The number of fused-ring (bicyclic) bond motifs is 1. The standard InChI is InChI=1S/C11H13Br2N3O/c12-9-4-10(13)15-11(14-9)8-5-16-3-1-2-7(16)6-17-8/h4,7-8H,1-3,5-6H2. The maximum Gasteiger partial charge on any atom is 0.160 e. The maximum atomic E-state index is 5.88. The van der Waals surface area contributed by atoms with Gasteiger partial charge in [0.1, 0.15) is 15.3 Å². The van der Waals surface area contributed by atoms with E-state index in [2.05, 4.69) is 46.7 Å². The van der Waals surface area contributed by atoms with Crippen molar-refractivity contribution in [2.45, 2.75) is 25.0 Å². The van der Waals surface area contributed by atoms with Gasteiger partial charge in [-0.2, -0.15) is 0 Å². The van der Waals surface area contributed by atoms with Crippen LogP contribution >= 0.6 is 31.9 Å². The molecule has 1 aromatic rings. The molecule has 0 aromatic carbocycles. The molecule has 2 unspecified atom stereocenters. The van der Waals surface area contributed by atoms with Crippen LogP contribution in [0.15, 0.2) is 15.3 Å². The SMILES string of the molecule is Brc1cc(Br)nc(C2CN3CCCC3CO2)n1. The third-order valence-electron chi connectivity index (χ3n) is 3.36. The van der Waals surface area contributed by atoms with Gasteiger partial charge in [-0.15, -0.1) is 0 Å². The van der Waals surface area contributed by atoms with Gasteiger partial charge in [-0.1, -0.05) is 0 Å². The second kappa shape index (κ2) is 4.91. The highest BCUT2D eigenvalue weighted by atomic mass is 79.9. The summed E-state index contributed by atoms with van der Waals surface area (Å²) < 4.78 is 7.47. The molecular formula is C11H13Br2N3O. The topological polar surface area (TPSA) is 38.2 Å². The molecule has 2 fully saturated rings. The summed E-state index contributed by atoms with van der Waals surface area (Å²) in [6.07, 6.45) is 2.54. The molecule has 0 saturated carbocycles. The van der Waals surface area contributed by atoms with Gasteiger partial charge >= 0.3 is 0 Å². The molecule has 3 heterocycles. The van der Waals surface area contributed by atoms with Crippen molar-refractivity contribution in [3.63, 3.8) is 0 Å². The van der Waals surface area contributed by atoms with E-state index < -0.39 is 0 Å². The number of morpholine rings is 1. The number of hydrogen-bond donors (Lipinski definition) is 0. The zero-order valence-corrected chi connectivity index (χ0v) is 12.4. The van der Waals surface area contributed by atoms with E-state index in [0.29, 0.717) is 6.04 Å². The van der Waals surface area contributed by atoms with Crippen LogP contribution in [-0.2, 0) is 4.74 Å². The fourth-order valence-corrected chi connectivity index (χ4v) is 3.63. The number of rotatable bonds is 1. The van der Waals surface area contributed by atoms with Gasteiger partial charge in [0.25, 0.3) is 0 Å². The van der Waals surface area contributed by atoms with E-state index in [-0.39, 0.29) is 6.10 Å². The molecule has 2 aliphatic heterocycles. The Morgan fingerprint density at radius 1 is 1.29 bits per heavy atom. The number of halogens is 2. The summed E-state index contributed by atoms with van der Waals surface area (Å²) in [4.78, 5) is 11.3. The molecule has 6 heteroatoms. The minimum absolute atomic E-state index is 0.00171. The van der Waals surface area contributed by atoms with Crippen LogP contribution in [0.1, 0.15) is 24.8 Å². The molecule has 92 valence electrons. The highest BCUT2D eigenvalue weighted by molar-refractivity contribution is 9.11. The van der Waals surface area contributed by atoms with Crippen LogP contribution < -0.4 is 0 Å². The second-order valence-corrected chi connectivity index (χ2v) is 6.11. The molecule has 2 atom stereocenters. The summed E-state index contributed by atoms with van der Waals surface area (Å²) in [5, 5.41) is 0. The first kappa shape index (κ1) is 12.0. The molecule has 0 aliphatic carbocycles. The monoisotopic (exact) mass is 361 g/mol. The fourth-order valence-electron chi connectivity index (χ4n) is 2.52. The summed E-state index contributed by atoms with van der Waals surface area (Å²) in [7, 11) is 0. The third kappa shape index (κ3) is 2.54. The number of aromatic nitrogens is 2. The van der Waals surface area contributed by atoms with Gasteiger partial charge in [0.15, 0.2) is 5.82 Å². The molecule has 1 aromatic heterocycles. The maximum absolute atomic E-state index is 5.88. The van der Waals surface area contributed by atoms with Gasteiger partial charge < -0.3 is 4.74 Å². The Morgan fingerprint density at radius 3 is 2.82 bits per heavy atom. The van der Waals surface area contributed by atoms with Gasteiger partial charge in [0.2, 0.25) is 0 Å². The normalized spacial score (nSPS) is 29.3. The van der Waals surface area contributed by atoms with Crippen LogP contribution in [0, 0.1) is 0 Å². The highest BCUT2D eigenvalue weighted by Gasteiger charge is 2.34. The predicted molar refractivity (Wildman–Crippen MR) is 70.7 cm³/mol. The third-order valence-corrected chi connectivity index (χ3v) is 4.17. The van der Waals surface area contributed by atoms with Gasteiger partial charge in [-0.25, -0.2) is 9.97 Å². The molecule has 0 amide bonds. The van der Waals surface area contributed by atoms with E-state index in [9.17, 15) is 0 Å². The summed E-state index contributed by atoms with van der Waals surface area (Å²) in [6.45, 7) is 2.89. The van der Waals surface area contributed by atoms with E-state index in [1.54, 1.807) is 0 Å². The van der Waals surface area contributed by atoms with E-state index in [1.165, 1.54) is 19.4 Å². The van der Waals surface area contributed by atoms with Crippen molar-refractivity contribution in [3.8, 4) is 0 Å². The van der Waals surface area contributed by atoms with Crippen molar-refractivity contribution in [3.05, 3.63) is 21.1 Å². The minimum atomic E-state index is -0.00171. The Labute approximate surface area is 117 Å². The van der Waals surface area contributed by atoms with Crippen LogP contribution in [0.5, 0.6) is 0 Å². The van der Waals surface area contributed by atoms with Crippen LogP contribution in [0.25, 0.3) is 0 Å². The van der Waals surface area contributed by atoms with Crippen molar-refractivity contribution in [1.29, 1.82) is 0 Å². The Kier molecular flexibility index (Phi) is 3.47. The van der Waals surface area contributed by atoms with Crippen molar-refractivity contribution in [2.24, 2.45) is 0 Å². The average Bonchev–Trinajstić information content (AvgIpc) is 2.74. The van der Waals surface area contributed by atoms with Crippen LogP contribution in [0.2, 0.25) is 0 Å². The molecule has 17 heavy (non-hydrogen) atoms. The van der Waals surface area contributed by atoms with Gasteiger partial charge in [-0.3, -0.25) is 4.90 Å². The summed E-state index contributed by atoms with van der Waals surface area (Å²) >= 11 is 6.77. The summed E-state index contributed by atoms with van der Waals surface area (Å²) in [6, 6.07) is 2.45. The first-order chi connectivity index (χ1) is 8.22. The molecule has 0 radical (unpaired) electrons. The average molecular weight is 363 g/mol. The van der Waals surface area contributed by atoms with Crippen molar-refractivity contribution in [1.82, 2.24) is 14.9 Å². The van der Waals surface area contributed by atoms with Crippen molar-refractivity contribution < 1.29 is 4.74 Å². The smallest absolute Gasteiger partial charge is 0.160 e. The Hall–Kier alpha value is -0.0400. The lowest BCUT2D eigenvalue weighted by Gasteiger charge is -2.34. The van der Waals surface area contributed by atoms with Crippen molar-refractivity contribution >= 4 is 31.9 Å². The molecule has 0 N–H and O–H groups in total. The molecule has 0 bridgehead atoms. The van der Waals surface area contributed by atoms with Crippen LogP contribution in [0.4, 0.5) is 0 Å². The van der Waals surface area contributed by atoms with Gasteiger partial charge in [0.05, 0.1) is 6.61 Å². The minimum Gasteiger partial charge on any atom is -0.367 e. The summed E-state index contributed by atoms with van der Waals surface area (Å²) in [5.41, 5.74) is 0. The lowest BCUT2D eigenvalue weighted by molar-refractivity contribution is -0.0542. The van der Waals surface area contributed by atoms with E-state index in [4.69, 9.17) is 4.74 Å². The number of hydrogen-bond acceptors (Lipinski definition) is 4. The Bertz CT molecular complexity index is 409. The molecule has 4 nitrogen and oxygen atoms in total. The second-order valence-electron chi connectivity index (χ2n) is 4.48. The first-order valence-electron chi connectivity index (χ1n) is 5.78. The van der Waals surface area contributed by atoms with Gasteiger partial charge in [0, 0.05) is 18.7 Å². The summed E-state index contributed by atoms with van der Waals surface area (Å²) in [5.74, 6) is 0.761. The zero-order valence-electron chi connectivity index (χ0n) is 9.27. The highest BCUT2D eigenvalue weighted by Crippen LogP contribution is 2.29. The van der Waals surface area contributed by atoms with Crippen LogP contribution in [0.3, 0.4) is 0 Å². The lowest BCUT2D eigenvalue weighted by atomic mass is 10.2. The molecular weight excluding hydrogens is 350 g/mol. The molecule has 3 rings (SSSR count). The first-order valence-corrected chi connectivity index (χ1v) is 7.36. The molecule has 2 saturated heterocycles. The van der Waals surface area contributed by atoms with Crippen LogP contribution in [-0.4, -0.2) is 40.6 Å². The predicted octanol–water partition coefficient (Wildman–Crippen LogP) is 2.54. The fraction of sp³-hybridized carbons (Fsp3) is 0.636. The quantitative estimate of drug-likeness (QED) is 0.719.